The molecule has 0 spiro atoms. The van der Waals surface area contributed by atoms with E-state index in [2.05, 4.69) is 0 Å². The van der Waals surface area contributed by atoms with Crippen LogP contribution in [0.3, 0.4) is 0 Å². The molecule has 2 N–H and O–H groups in total. The third-order valence-electron chi connectivity index (χ3n) is 1.87. The first-order chi connectivity index (χ1) is 5.70. The summed E-state index contributed by atoms with van der Waals surface area (Å²) in [6, 6.07) is 1.90. The van der Waals surface area contributed by atoms with Crippen LogP contribution in [-0.2, 0) is 0 Å². The topological polar surface area (TPSA) is 26.0 Å². The molecule has 0 saturated carbocycles. The number of hydrogen-bond donors (Lipinski definition) is 1. The lowest BCUT2D eigenvalue weighted by Gasteiger charge is -2.04. The van der Waals surface area contributed by atoms with Gasteiger partial charge in [-0.2, -0.15) is 0 Å². The van der Waals surface area contributed by atoms with Crippen molar-refractivity contribution in [2.24, 2.45) is 5.73 Å². The standard InChI is InChI=1S/C8H7F2NS/c9-4-1-2-5(10)8-7(4)6(11)3-12-8/h1-2,6H,3,11H2. The Hall–Kier alpha value is -0.610. The highest BCUT2D eigenvalue weighted by Crippen LogP contribution is 2.39. The van der Waals surface area contributed by atoms with Crippen molar-refractivity contribution in [3.05, 3.63) is 29.3 Å². The monoisotopic (exact) mass is 187 g/mol. The maximum absolute atomic E-state index is 13.1. The van der Waals surface area contributed by atoms with E-state index >= 15 is 0 Å². The van der Waals surface area contributed by atoms with E-state index in [0.717, 1.165) is 12.1 Å². The zero-order valence-corrected chi connectivity index (χ0v) is 7.00. The van der Waals surface area contributed by atoms with Crippen LogP contribution >= 0.6 is 11.8 Å². The zero-order chi connectivity index (χ0) is 8.72. The minimum absolute atomic E-state index is 0.333. The highest BCUT2D eigenvalue weighted by atomic mass is 32.2. The smallest absolute Gasteiger partial charge is 0.137 e. The van der Waals surface area contributed by atoms with Crippen molar-refractivity contribution in [3.63, 3.8) is 0 Å². The van der Waals surface area contributed by atoms with Gasteiger partial charge in [-0.25, -0.2) is 8.78 Å². The molecular formula is C8H7F2NS. The summed E-state index contributed by atoms with van der Waals surface area (Å²) in [4.78, 5) is 0.377. The van der Waals surface area contributed by atoms with Gasteiger partial charge in [-0.1, -0.05) is 0 Å². The number of thioether (sulfide) groups is 1. The van der Waals surface area contributed by atoms with Gasteiger partial charge >= 0.3 is 0 Å². The molecule has 0 fully saturated rings. The van der Waals surface area contributed by atoms with Crippen LogP contribution in [0.25, 0.3) is 0 Å². The normalized spacial score (nSPS) is 21.1. The van der Waals surface area contributed by atoms with Crippen LogP contribution < -0.4 is 5.73 Å². The Morgan fingerprint density at radius 3 is 2.67 bits per heavy atom. The van der Waals surface area contributed by atoms with E-state index in [4.69, 9.17) is 5.73 Å². The fourth-order valence-corrected chi connectivity index (χ4v) is 2.42. The molecule has 1 aromatic carbocycles. The quantitative estimate of drug-likeness (QED) is 0.672. The fourth-order valence-electron chi connectivity index (χ4n) is 1.30. The molecule has 0 amide bonds. The molecule has 1 unspecified atom stereocenters. The largest absolute Gasteiger partial charge is 0.323 e. The second-order valence-electron chi connectivity index (χ2n) is 2.69. The van der Waals surface area contributed by atoms with Crippen LogP contribution in [0.2, 0.25) is 0 Å². The van der Waals surface area contributed by atoms with Crippen molar-refractivity contribution in [3.8, 4) is 0 Å². The Balaban J connectivity index is 2.64. The maximum Gasteiger partial charge on any atom is 0.137 e. The van der Waals surface area contributed by atoms with E-state index in [-0.39, 0.29) is 11.9 Å². The van der Waals surface area contributed by atoms with Gasteiger partial charge < -0.3 is 5.73 Å². The van der Waals surface area contributed by atoms with Gasteiger partial charge in [0.05, 0.1) is 4.90 Å². The van der Waals surface area contributed by atoms with E-state index in [1.165, 1.54) is 11.8 Å². The molecule has 0 saturated heterocycles. The summed E-state index contributed by atoms with van der Waals surface area (Å²) in [5, 5.41) is 0. The molecule has 1 aliphatic heterocycles. The first-order valence-electron chi connectivity index (χ1n) is 3.56. The summed E-state index contributed by atoms with van der Waals surface area (Å²) in [6.45, 7) is 0. The van der Waals surface area contributed by atoms with Crippen LogP contribution in [0.5, 0.6) is 0 Å². The molecule has 12 heavy (non-hydrogen) atoms. The third-order valence-corrected chi connectivity index (χ3v) is 3.10. The number of fused-ring (bicyclic) bond motifs is 1. The molecule has 0 aliphatic carbocycles. The molecule has 0 bridgehead atoms. The fraction of sp³-hybridized carbons (Fsp3) is 0.250. The highest BCUT2D eigenvalue weighted by Gasteiger charge is 2.26. The van der Waals surface area contributed by atoms with Gasteiger partial charge in [-0.15, -0.1) is 11.8 Å². The summed E-state index contributed by atoms with van der Waals surface area (Å²) in [7, 11) is 0. The average molecular weight is 187 g/mol. The van der Waals surface area contributed by atoms with Crippen molar-refractivity contribution in [1.82, 2.24) is 0 Å². The predicted molar refractivity (Wildman–Crippen MR) is 44.0 cm³/mol. The molecule has 1 aliphatic rings. The molecule has 0 aromatic heterocycles. The van der Waals surface area contributed by atoms with Crippen molar-refractivity contribution in [2.45, 2.75) is 10.9 Å². The maximum atomic E-state index is 13.1. The predicted octanol–water partition coefficient (Wildman–Crippen LogP) is 2.07. The van der Waals surface area contributed by atoms with Crippen LogP contribution in [-0.4, -0.2) is 5.75 Å². The lowest BCUT2D eigenvalue weighted by atomic mass is 10.1. The average Bonchev–Trinajstić information content (AvgIpc) is 2.42. The second kappa shape index (κ2) is 2.71. The van der Waals surface area contributed by atoms with E-state index < -0.39 is 5.82 Å². The molecule has 1 aromatic rings. The van der Waals surface area contributed by atoms with Crippen LogP contribution in [0.4, 0.5) is 8.78 Å². The summed E-state index contributed by atoms with van der Waals surface area (Å²) in [6.07, 6.45) is 0. The van der Waals surface area contributed by atoms with Crippen molar-refractivity contribution < 1.29 is 8.78 Å². The Kier molecular flexibility index (Phi) is 1.81. The molecule has 4 heteroatoms. The van der Waals surface area contributed by atoms with Gasteiger partial charge in [-0.3, -0.25) is 0 Å². The van der Waals surface area contributed by atoms with E-state index in [1.54, 1.807) is 0 Å². The van der Waals surface area contributed by atoms with Crippen LogP contribution in [0.15, 0.2) is 17.0 Å². The van der Waals surface area contributed by atoms with Gasteiger partial charge in [0.2, 0.25) is 0 Å². The van der Waals surface area contributed by atoms with E-state index in [0.29, 0.717) is 16.2 Å². The number of benzene rings is 1. The first kappa shape index (κ1) is 8.01. The number of hydrogen-bond acceptors (Lipinski definition) is 2. The van der Waals surface area contributed by atoms with Gasteiger partial charge in [0, 0.05) is 17.4 Å². The minimum Gasteiger partial charge on any atom is -0.323 e. The molecule has 1 atom stereocenters. The molecule has 1 nitrogen and oxygen atoms in total. The van der Waals surface area contributed by atoms with Crippen LogP contribution in [0.1, 0.15) is 11.6 Å². The summed E-state index contributed by atoms with van der Waals surface area (Å²) in [5.41, 5.74) is 5.92. The van der Waals surface area contributed by atoms with Crippen LogP contribution in [0, 0.1) is 11.6 Å². The number of halogens is 2. The van der Waals surface area contributed by atoms with Crippen molar-refractivity contribution in [2.75, 3.05) is 5.75 Å². The molecule has 1 heterocycles. The van der Waals surface area contributed by atoms with E-state index in [1.807, 2.05) is 0 Å². The van der Waals surface area contributed by atoms with Gasteiger partial charge in [0.1, 0.15) is 11.6 Å². The van der Waals surface area contributed by atoms with Gasteiger partial charge in [0.15, 0.2) is 0 Å². The van der Waals surface area contributed by atoms with Crippen molar-refractivity contribution in [1.29, 1.82) is 0 Å². The SMILES string of the molecule is NC1CSc2c(F)ccc(F)c21. The lowest BCUT2D eigenvalue weighted by Crippen LogP contribution is -2.10. The van der Waals surface area contributed by atoms with Crippen molar-refractivity contribution >= 4 is 11.8 Å². The second-order valence-corrected chi connectivity index (χ2v) is 3.72. The highest BCUT2D eigenvalue weighted by molar-refractivity contribution is 7.99. The third kappa shape index (κ3) is 1.03. The minimum atomic E-state index is -0.399. The Morgan fingerprint density at radius 1 is 1.33 bits per heavy atom. The molecule has 0 radical (unpaired) electrons. The molecule has 64 valence electrons. The molecule has 2 rings (SSSR count). The van der Waals surface area contributed by atoms with E-state index in [9.17, 15) is 8.78 Å². The Bertz CT molecular complexity index is 327. The Labute approximate surface area is 72.9 Å². The first-order valence-corrected chi connectivity index (χ1v) is 4.55. The summed E-state index contributed by atoms with van der Waals surface area (Å²) >= 11 is 1.28. The van der Waals surface area contributed by atoms with Gasteiger partial charge in [-0.05, 0) is 12.1 Å². The summed E-state index contributed by atoms with van der Waals surface area (Å²) < 4.78 is 26.1. The molecular weight excluding hydrogens is 180 g/mol. The Morgan fingerprint density at radius 2 is 2.00 bits per heavy atom. The van der Waals surface area contributed by atoms with Gasteiger partial charge in [0.25, 0.3) is 0 Å². The summed E-state index contributed by atoms with van der Waals surface area (Å²) in [5.74, 6) is -0.207. The zero-order valence-electron chi connectivity index (χ0n) is 6.18. The number of rotatable bonds is 0. The lowest BCUT2D eigenvalue weighted by molar-refractivity contribution is 0.555. The number of nitrogens with two attached hydrogens (primary N) is 1.